The number of benzene rings is 2. The average Bonchev–Trinajstić information content (AvgIpc) is 3.05. The van der Waals surface area contributed by atoms with Crippen LogP contribution in [-0.2, 0) is 6.42 Å². The Morgan fingerprint density at radius 3 is 2.29 bits per heavy atom. The molecule has 0 spiro atoms. The lowest BCUT2D eigenvalue weighted by Crippen LogP contribution is -1.97. The molecule has 4 rings (SSSR count). The van der Waals surface area contributed by atoms with Gasteiger partial charge in [0.1, 0.15) is 0 Å². The van der Waals surface area contributed by atoms with Gasteiger partial charge >= 0.3 is 0 Å². The zero-order valence-corrected chi connectivity index (χ0v) is 13.8. The third kappa shape index (κ3) is 2.96. The summed E-state index contributed by atoms with van der Waals surface area (Å²) in [6, 6.07) is 14.7. The van der Waals surface area contributed by atoms with E-state index in [0.29, 0.717) is 34.1 Å². The second-order valence-corrected chi connectivity index (χ2v) is 5.93. The molecule has 0 aliphatic carbocycles. The molecule has 0 fully saturated rings. The molecule has 4 aromatic rings. The van der Waals surface area contributed by atoms with Crippen LogP contribution in [0.3, 0.4) is 0 Å². The zero-order chi connectivity index (χ0) is 16.5. The number of rotatable bonds is 3. The van der Waals surface area contributed by atoms with Gasteiger partial charge in [0.2, 0.25) is 11.8 Å². The summed E-state index contributed by atoms with van der Waals surface area (Å²) in [7, 11) is 0. The SMILES string of the molecule is Clc1ccc(-c2nnc(Cc3nc4ccccc4nc3Cl)o2)cc1. The standard InChI is InChI=1S/C17H10Cl2N4O/c18-11-7-5-10(6-8-11)17-23-22-15(24-17)9-14-16(19)21-13-4-2-1-3-12(13)20-14/h1-8H,9H2. The number of hydrogen-bond acceptors (Lipinski definition) is 5. The van der Waals surface area contributed by atoms with Crippen LogP contribution >= 0.6 is 23.2 Å². The number of nitrogens with zero attached hydrogens (tertiary/aromatic N) is 4. The Morgan fingerprint density at radius 2 is 1.54 bits per heavy atom. The van der Waals surface area contributed by atoms with E-state index in [1.54, 1.807) is 12.1 Å². The third-order valence-electron chi connectivity index (χ3n) is 3.47. The Hall–Kier alpha value is -2.50. The van der Waals surface area contributed by atoms with Gasteiger partial charge in [0.15, 0.2) is 5.15 Å². The maximum absolute atomic E-state index is 6.22. The van der Waals surface area contributed by atoms with Crippen molar-refractivity contribution in [3.05, 3.63) is 70.3 Å². The molecule has 0 saturated carbocycles. The highest BCUT2D eigenvalue weighted by molar-refractivity contribution is 6.30. The van der Waals surface area contributed by atoms with Crippen molar-refractivity contribution in [1.29, 1.82) is 0 Å². The maximum Gasteiger partial charge on any atom is 0.247 e. The van der Waals surface area contributed by atoms with Crippen LogP contribution in [0.4, 0.5) is 0 Å². The number of hydrogen-bond donors (Lipinski definition) is 0. The van der Waals surface area contributed by atoms with E-state index in [1.165, 1.54) is 0 Å². The van der Waals surface area contributed by atoms with Crippen molar-refractivity contribution in [2.45, 2.75) is 6.42 Å². The Morgan fingerprint density at radius 1 is 0.833 bits per heavy atom. The summed E-state index contributed by atoms with van der Waals surface area (Å²) in [6.07, 6.45) is 0.317. The van der Waals surface area contributed by atoms with Crippen molar-refractivity contribution in [1.82, 2.24) is 20.2 Å². The van der Waals surface area contributed by atoms with Crippen LogP contribution < -0.4 is 0 Å². The van der Waals surface area contributed by atoms with Crippen molar-refractivity contribution < 1.29 is 4.42 Å². The second-order valence-electron chi connectivity index (χ2n) is 5.13. The molecule has 2 aromatic carbocycles. The predicted octanol–water partition coefficient (Wildman–Crippen LogP) is 4.58. The maximum atomic E-state index is 6.22. The van der Waals surface area contributed by atoms with Gasteiger partial charge in [-0.3, -0.25) is 0 Å². The number of para-hydroxylation sites is 2. The number of aromatic nitrogens is 4. The van der Waals surface area contributed by atoms with Gasteiger partial charge in [-0.25, -0.2) is 9.97 Å². The molecule has 0 amide bonds. The molecule has 118 valence electrons. The van der Waals surface area contributed by atoms with E-state index in [2.05, 4.69) is 20.2 Å². The molecule has 24 heavy (non-hydrogen) atoms. The highest BCUT2D eigenvalue weighted by Gasteiger charge is 2.13. The van der Waals surface area contributed by atoms with E-state index in [9.17, 15) is 0 Å². The van der Waals surface area contributed by atoms with Crippen molar-refractivity contribution in [3.8, 4) is 11.5 Å². The molecule has 0 saturated heterocycles. The summed E-state index contributed by atoms with van der Waals surface area (Å²) >= 11 is 12.1. The molecule has 0 atom stereocenters. The molecule has 5 nitrogen and oxygen atoms in total. The molecule has 0 bridgehead atoms. The fourth-order valence-corrected chi connectivity index (χ4v) is 2.63. The molecule has 0 unspecified atom stereocenters. The minimum Gasteiger partial charge on any atom is -0.420 e. The fourth-order valence-electron chi connectivity index (χ4n) is 2.30. The van der Waals surface area contributed by atoms with Gasteiger partial charge in [-0.1, -0.05) is 35.3 Å². The minimum absolute atomic E-state index is 0.317. The first-order chi connectivity index (χ1) is 11.7. The lowest BCUT2D eigenvalue weighted by Gasteiger charge is -2.02. The van der Waals surface area contributed by atoms with Crippen molar-refractivity contribution in [3.63, 3.8) is 0 Å². The molecular formula is C17H10Cl2N4O. The highest BCUT2D eigenvalue weighted by Crippen LogP contribution is 2.23. The van der Waals surface area contributed by atoms with Crippen LogP contribution in [0.15, 0.2) is 52.9 Å². The number of halogens is 2. The number of fused-ring (bicyclic) bond motifs is 1. The summed E-state index contributed by atoms with van der Waals surface area (Å²) in [5.74, 6) is 0.845. The van der Waals surface area contributed by atoms with E-state index in [1.807, 2.05) is 36.4 Å². The van der Waals surface area contributed by atoms with Gasteiger partial charge in [-0.15, -0.1) is 10.2 Å². The first-order valence-corrected chi connectivity index (χ1v) is 7.94. The van der Waals surface area contributed by atoms with E-state index in [-0.39, 0.29) is 0 Å². The summed E-state index contributed by atoms with van der Waals surface area (Å²) in [5.41, 5.74) is 2.92. The first kappa shape index (κ1) is 15.1. The first-order valence-electron chi connectivity index (χ1n) is 7.18. The zero-order valence-electron chi connectivity index (χ0n) is 12.3. The van der Waals surface area contributed by atoms with Gasteiger partial charge in [0.05, 0.1) is 23.1 Å². The monoisotopic (exact) mass is 356 g/mol. The van der Waals surface area contributed by atoms with Gasteiger partial charge in [-0.2, -0.15) is 0 Å². The average molecular weight is 357 g/mol. The quantitative estimate of drug-likeness (QED) is 0.537. The summed E-state index contributed by atoms with van der Waals surface area (Å²) in [6.45, 7) is 0. The lowest BCUT2D eigenvalue weighted by atomic mass is 10.2. The van der Waals surface area contributed by atoms with Crippen LogP contribution in [0.2, 0.25) is 10.2 Å². The van der Waals surface area contributed by atoms with Crippen LogP contribution in [-0.4, -0.2) is 20.2 Å². The van der Waals surface area contributed by atoms with E-state index >= 15 is 0 Å². The van der Waals surface area contributed by atoms with Gasteiger partial charge in [0, 0.05) is 10.6 Å². The lowest BCUT2D eigenvalue weighted by molar-refractivity contribution is 0.516. The molecule has 0 aliphatic heterocycles. The van der Waals surface area contributed by atoms with E-state index in [0.717, 1.165) is 16.6 Å². The van der Waals surface area contributed by atoms with Crippen molar-refractivity contribution >= 4 is 34.2 Å². The molecule has 7 heteroatoms. The van der Waals surface area contributed by atoms with Crippen molar-refractivity contribution in [2.75, 3.05) is 0 Å². The summed E-state index contributed by atoms with van der Waals surface area (Å²) < 4.78 is 5.69. The fraction of sp³-hybridized carbons (Fsp3) is 0.0588. The predicted molar refractivity (Wildman–Crippen MR) is 92.1 cm³/mol. The Kier molecular flexibility index (Phi) is 3.88. The molecule has 2 heterocycles. The molecule has 0 N–H and O–H groups in total. The molecule has 0 radical (unpaired) electrons. The molecular weight excluding hydrogens is 347 g/mol. The molecule has 0 aliphatic rings. The largest absolute Gasteiger partial charge is 0.420 e. The molecule has 2 aromatic heterocycles. The van der Waals surface area contributed by atoms with Crippen LogP contribution in [0.25, 0.3) is 22.5 Å². The Bertz CT molecular complexity index is 1010. The van der Waals surface area contributed by atoms with E-state index < -0.39 is 0 Å². The van der Waals surface area contributed by atoms with Crippen molar-refractivity contribution in [2.24, 2.45) is 0 Å². The second kappa shape index (κ2) is 6.19. The van der Waals surface area contributed by atoms with E-state index in [4.69, 9.17) is 27.6 Å². The third-order valence-corrected chi connectivity index (χ3v) is 4.03. The summed E-state index contributed by atoms with van der Waals surface area (Å²) in [4.78, 5) is 8.87. The van der Waals surface area contributed by atoms with Gasteiger partial charge < -0.3 is 4.42 Å². The van der Waals surface area contributed by atoms with Crippen LogP contribution in [0.5, 0.6) is 0 Å². The topological polar surface area (TPSA) is 64.7 Å². The minimum atomic E-state index is 0.317. The highest BCUT2D eigenvalue weighted by atomic mass is 35.5. The normalized spacial score (nSPS) is 11.1. The summed E-state index contributed by atoms with van der Waals surface area (Å²) in [5, 5.41) is 9.09. The van der Waals surface area contributed by atoms with Crippen LogP contribution in [0.1, 0.15) is 11.6 Å². The van der Waals surface area contributed by atoms with Crippen LogP contribution in [0, 0.1) is 0 Å². The Labute approximate surface area is 147 Å². The van der Waals surface area contributed by atoms with Gasteiger partial charge in [-0.05, 0) is 36.4 Å². The smallest absolute Gasteiger partial charge is 0.247 e. The van der Waals surface area contributed by atoms with Gasteiger partial charge in [0.25, 0.3) is 0 Å². The Balaban J connectivity index is 1.64.